The first kappa shape index (κ1) is 19.7. The van der Waals surface area contributed by atoms with Gasteiger partial charge in [-0.1, -0.05) is 24.6 Å². The molecule has 2 aromatic rings. The number of aryl methyl sites for hydroxylation is 5. The van der Waals surface area contributed by atoms with E-state index >= 15 is 0 Å². The fourth-order valence-corrected chi connectivity index (χ4v) is 3.44. The van der Waals surface area contributed by atoms with E-state index < -0.39 is 0 Å². The van der Waals surface area contributed by atoms with Crippen LogP contribution in [0.4, 0.5) is 0 Å². The van der Waals surface area contributed by atoms with Crippen molar-refractivity contribution in [1.82, 2.24) is 4.98 Å². The molecular weight excluding hydrogens is 332 g/mol. The van der Waals surface area contributed by atoms with E-state index in [1.807, 2.05) is 6.92 Å². The van der Waals surface area contributed by atoms with Crippen molar-refractivity contribution in [2.75, 3.05) is 0 Å². The van der Waals surface area contributed by atoms with Gasteiger partial charge in [0.05, 0.1) is 5.88 Å². The number of hydrogen-bond donors (Lipinski definition) is 1. The van der Waals surface area contributed by atoms with Gasteiger partial charge in [0.2, 0.25) is 5.88 Å². The third-order valence-corrected chi connectivity index (χ3v) is 4.82. The Balaban J connectivity index is 2.39. The maximum atomic E-state index is 6.26. The van der Waals surface area contributed by atoms with Crippen molar-refractivity contribution in [3.8, 4) is 11.6 Å². The molecule has 0 radical (unpaired) electrons. The van der Waals surface area contributed by atoms with E-state index in [9.17, 15) is 0 Å². The van der Waals surface area contributed by atoms with Gasteiger partial charge in [0.1, 0.15) is 5.75 Å². The minimum absolute atomic E-state index is 0.211. The molecule has 0 saturated heterocycles. The number of alkyl halides is 1. The van der Waals surface area contributed by atoms with Crippen molar-refractivity contribution in [1.29, 1.82) is 0 Å². The van der Waals surface area contributed by atoms with E-state index in [1.54, 1.807) is 0 Å². The average Bonchev–Trinajstić information content (AvgIpc) is 2.55. The minimum Gasteiger partial charge on any atom is -0.438 e. The number of rotatable bonds is 7. The number of ether oxygens (including phenoxy) is 1. The normalized spacial score (nSPS) is 12.3. The second-order valence-corrected chi connectivity index (χ2v) is 7.14. The molecule has 1 heterocycles. The van der Waals surface area contributed by atoms with E-state index in [0.29, 0.717) is 11.8 Å². The van der Waals surface area contributed by atoms with Crippen LogP contribution in [0.5, 0.6) is 11.6 Å². The lowest BCUT2D eigenvalue weighted by atomic mass is 10.0. The maximum Gasteiger partial charge on any atom is 0.224 e. The van der Waals surface area contributed by atoms with Gasteiger partial charge in [-0.05, 0) is 69.7 Å². The molecule has 25 heavy (non-hydrogen) atoms. The Labute approximate surface area is 156 Å². The largest absolute Gasteiger partial charge is 0.438 e. The fourth-order valence-electron chi connectivity index (χ4n) is 3.16. The summed E-state index contributed by atoms with van der Waals surface area (Å²) in [4.78, 5) is 4.61. The van der Waals surface area contributed by atoms with Gasteiger partial charge in [0, 0.05) is 17.3 Å². The molecule has 0 saturated carbocycles. The van der Waals surface area contributed by atoms with E-state index in [1.165, 1.54) is 11.1 Å². The van der Waals surface area contributed by atoms with E-state index in [2.05, 4.69) is 50.9 Å². The quantitative estimate of drug-likeness (QED) is 0.661. The molecule has 0 aliphatic rings. The van der Waals surface area contributed by atoms with E-state index in [4.69, 9.17) is 22.1 Å². The first-order valence-corrected chi connectivity index (χ1v) is 9.45. The summed E-state index contributed by atoms with van der Waals surface area (Å²) < 4.78 is 6.24. The standard InChI is InChI=1S/C21H29ClN2O/c1-6-18(23)8-7-17-11-16(5)24-21(19(17)12-22)25-20-14(3)9-13(2)10-15(20)4/h9-11,18H,6-8,12,23H2,1-5H3. The fraction of sp³-hybridized carbons (Fsp3) is 0.476. The molecule has 0 spiro atoms. The average molecular weight is 361 g/mol. The van der Waals surface area contributed by atoms with Crippen LogP contribution in [0.1, 0.15) is 53.3 Å². The molecule has 0 bridgehead atoms. The Morgan fingerprint density at radius 2 is 1.76 bits per heavy atom. The van der Waals surface area contributed by atoms with Crippen molar-refractivity contribution in [2.45, 2.75) is 65.8 Å². The van der Waals surface area contributed by atoms with Crippen LogP contribution >= 0.6 is 11.6 Å². The van der Waals surface area contributed by atoms with Crippen LogP contribution < -0.4 is 10.5 Å². The number of nitrogens with zero attached hydrogens (tertiary/aromatic N) is 1. The topological polar surface area (TPSA) is 48.1 Å². The number of pyridine rings is 1. The highest BCUT2D eigenvalue weighted by Crippen LogP contribution is 2.33. The Hall–Kier alpha value is -1.58. The lowest BCUT2D eigenvalue weighted by molar-refractivity contribution is 0.448. The summed E-state index contributed by atoms with van der Waals surface area (Å²) in [7, 11) is 0. The summed E-state index contributed by atoms with van der Waals surface area (Å²) in [5.41, 5.74) is 12.6. The molecule has 4 heteroatoms. The van der Waals surface area contributed by atoms with Crippen molar-refractivity contribution < 1.29 is 4.74 Å². The highest BCUT2D eigenvalue weighted by molar-refractivity contribution is 6.17. The first-order valence-electron chi connectivity index (χ1n) is 8.92. The van der Waals surface area contributed by atoms with Crippen molar-refractivity contribution in [3.05, 3.63) is 51.7 Å². The number of halogens is 1. The third kappa shape index (κ3) is 4.96. The lowest BCUT2D eigenvalue weighted by Gasteiger charge is -2.18. The molecule has 1 atom stereocenters. The summed E-state index contributed by atoms with van der Waals surface area (Å²) >= 11 is 6.26. The monoisotopic (exact) mass is 360 g/mol. The van der Waals surface area contributed by atoms with E-state index in [-0.39, 0.29) is 6.04 Å². The van der Waals surface area contributed by atoms with Crippen LogP contribution in [-0.2, 0) is 12.3 Å². The van der Waals surface area contributed by atoms with Crippen LogP contribution in [-0.4, -0.2) is 11.0 Å². The highest BCUT2D eigenvalue weighted by atomic mass is 35.5. The van der Waals surface area contributed by atoms with Gasteiger partial charge in [-0.2, -0.15) is 0 Å². The van der Waals surface area contributed by atoms with Crippen LogP contribution in [0.25, 0.3) is 0 Å². The number of hydrogen-bond acceptors (Lipinski definition) is 3. The van der Waals surface area contributed by atoms with Crippen molar-refractivity contribution >= 4 is 11.6 Å². The van der Waals surface area contributed by atoms with E-state index in [0.717, 1.165) is 47.4 Å². The van der Waals surface area contributed by atoms with Gasteiger partial charge in [0.15, 0.2) is 0 Å². The van der Waals surface area contributed by atoms with Gasteiger partial charge < -0.3 is 10.5 Å². The molecule has 2 N–H and O–H groups in total. The van der Waals surface area contributed by atoms with Crippen molar-refractivity contribution in [3.63, 3.8) is 0 Å². The van der Waals surface area contributed by atoms with Gasteiger partial charge >= 0.3 is 0 Å². The molecule has 136 valence electrons. The lowest BCUT2D eigenvalue weighted by Crippen LogP contribution is -2.19. The van der Waals surface area contributed by atoms with Crippen molar-refractivity contribution in [2.24, 2.45) is 5.73 Å². The smallest absolute Gasteiger partial charge is 0.224 e. The third-order valence-electron chi connectivity index (χ3n) is 4.55. The summed E-state index contributed by atoms with van der Waals surface area (Å²) in [6, 6.07) is 6.56. The zero-order chi connectivity index (χ0) is 18.6. The first-order chi connectivity index (χ1) is 11.8. The number of aromatic nitrogens is 1. The predicted molar refractivity (Wildman–Crippen MR) is 106 cm³/mol. The molecule has 0 aliphatic carbocycles. The highest BCUT2D eigenvalue weighted by Gasteiger charge is 2.16. The molecule has 1 aromatic heterocycles. The van der Waals surface area contributed by atoms with Crippen LogP contribution in [0.2, 0.25) is 0 Å². The second kappa shape index (κ2) is 8.68. The molecule has 1 aromatic carbocycles. The van der Waals surface area contributed by atoms with Gasteiger partial charge in [-0.3, -0.25) is 0 Å². The second-order valence-electron chi connectivity index (χ2n) is 6.88. The molecule has 2 rings (SSSR count). The Bertz CT molecular complexity index is 720. The number of nitrogens with two attached hydrogens (primary N) is 1. The van der Waals surface area contributed by atoms with Gasteiger partial charge in [0.25, 0.3) is 0 Å². The Morgan fingerprint density at radius 3 is 2.32 bits per heavy atom. The minimum atomic E-state index is 0.211. The van der Waals surface area contributed by atoms with Crippen LogP contribution in [0.15, 0.2) is 18.2 Å². The Morgan fingerprint density at radius 1 is 1.12 bits per heavy atom. The summed E-state index contributed by atoms with van der Waals surface area (Å²) in [5.74, 6) is 1.86. The molecular formula is C21H29ClN2O. The molecule has 1 unspecified atom stereocenters. The molecule has 0 aliphatic heterocycles. The zero-order valence-electron chi connectivity index (χ0n) is 15.9. The molecule has 0 fully saturated rings. The predicted octanol–water partition coefficient (Wildman–Crippen LogP) is 5.52. The summed E-state index contributed by atoms with van der Waals surface area (Å²) in [6.45, 7) is 10.3. The SMILES string of the molecule is CCC(N)CCc1cc(C)nc(Oc2c(C)cc(C)cc2C)c1CCl. The Kier molecular flexibility index (Phi) is 6.86. The summed E-state index contributed by atoms with van der Waals surface area (Å²) in [5, 5.41) is 0. The van der Waals surface area contributed by atoms with Gasteiger partial charge in [-0.15, -0.1) is 11.6 Å². The zero-order valence-corrected chi connectivity index (χ0v) is 16.7. The molecule has 3 nitrogen and oxygen atoms in total. The van der Waals surface area contributed by atoms with Crippen LogP contribution in [0, 0.1) is 27.7 Å². The maximum absolute atomic E-state index is 6.26. The molecule has 0 amide bonds. The van der Waals surface area contributed by atoms with Gasteiger partial charge in [-0.25, -0.2) is 4.98 Å². The summed E-state index contributed by atoms with van der Waals surface area (Å²) in [6.07, 6.45) is 2.81. The van der Waals surface area contributed by atoms with Crippen LogP contribution in [0.3, 0.4) is 0 Å². The number of benzene rings is 1.